The van der Waals surface area contributed by atoms with Gasteiger partial charge < -0.3 is 4.74 Å². The quantitative estimate of drug-likeness (QED) is 0.820. The second-order valence-corrected chi connectivity index (χ2v) is 4.96. The predicted octanol–water partition coefficient (Wildman–Crippen LogP) is 2.81. The maximum Gasteiger partial charge on any atom is 0.153 e. The predicted molar refractivity (Wildman–Crippen MR) is 68.3 cm³/mol. The van der Waals surface area contributed by atoms with Gasteiger partial charge >= 0.3 is 0 Å². The van der Waals surface area contributed by atoms with Crippen molar-refractivity contribution in [3.05, 3.63) is 29.3 Å². The van der Waals surface area contributed by atoms with Crippen LogP contribution in [0.1, 0.15) is 30.4 Å². The summed E-state index contributed by atoms with van der Waals surface area (Å²) in [7, 11) is 1.61. The molecule has 1 atom stereocenters. The summed E-state index contributed by atoms with van der Waals surface area (Å²) in [5.41, 5.74) is 1.24. The summed E-state index contributed by atoms with van der Waals surface area (Å²) in [6.45, 7) is 2.00. The van der Waals surface area contributed by atoms with Gasteiger partial charge in [0.15, 0.2) is 5.78 Å². The van der Waals surface area contributed by atoms with E-state index >= 15 is 0 Å². The molecule has 0 saturated heterocycles. The molecule has 1 aliphatic carbocycles. The summed E-state index contributed by atoms with van der Waals surface area (Å²) in [6, 6.07) is 8.11. The zero-order chi connectivity index (χ0) is 13.2. The smallest absolute Gasteiger partial charge is 0.153 e. The monoisotopic (exact) mass is 243 g/mol. The number of hydrogen-bond donors (Lipinski definition) is 0. The molecule has 0 N–H and O–H groups in total. The third-order valence-electron chi connectivity index (χ3n) is 3.68. The van der Waals surface area contributed by atoms with Gasteiger partial charge in [-0.1, -0.05) is 17.7 Å². The fourth-order valence-corrected chi connectivity index (χ4v) is 2.64. The molecule has 1 aromatic rings. The molecule has 0 amide bonds. The van der Waals surface area contributed by atoms with Gasteiger partial charge in [0.2, 0.25) is 0 Å². The third kappa shape index (κ3) is 2.11. The first-order valence-electron chi connectivity index (χ1n) is 6.19. The van der Waals surface area contributed by atoms with E-state index in [9.17, 15) is 10.1 Å². The molecule has 1 aliphatic rings. The normalized spacial score (nSPS) is 22.8. The molecule has 0 aromatic heterocycles. The number of ketones is 1. The summed E-state index contributed by atoms with van der Waals surface area (Å²) >= 11 is 0. The Morgan fingerprint density at radius 3 is 2.83 bits per heavy atom. The number of aryl methyl sites for hydroxylation is 1. The molecule has 2 rings (SSSR count). The van der Waals surface area contributed by atoms with E-state index in [0.29, 0.717) is 19.3 Å². The Hall–Kier alpha value is -1.82. The van der Waals surface area contributed by atoms with Crippen LogP contribution in [0.15, 0.2) is 18.2 Å². The highest BCUT2D eigenvalue weighted by Crippen LogP contribution is 2.39. The highest BCUT2D eigenvalue weighted by molar-refractivity contribution is 5.89. The first kappa shape index (κ1) is 12.6. The topological polar surface area (TPSA) is 50.1 Å². The van der Waals surface area contributed by atoms with E-state index in [0.717, 1.165) is 23.3 Å². The number of benzene rings is 1. The van der Waals surface area contributed by atoms with Crippen molar-refractivity contribution in [3.63, 3.8) is 0 Å². The Kier molecular flexibility index (Phi) is 3.38. The first-order chi connectivity index (χ1) is 8.61. The summed E-state index contributed by atoms with van der Waals surface area (Å²) < 4.78 is 5.31. The third-order valence-corrected chi connectivity index (χ3v) is 3.68. The van der Waals surface area contributed by atoms with Gasteiger partial charge in [0.05, 0.1) is 13.2 Å². The fraction of sp³-hybridized carbons (Fsp3) is 0.467. The maximum absolute atomic E-state index is 12.0. The summed E-state index contributed by atoms with van der Waals surface area (Å²) in [6.07, 6.45) is 2.48. The van der Waals surface area contributed by atoms with E-state index in [1.54, 1.807) is 7.11 Å². The van der Waals surface area contributed by atoms with Crippen LogP contribution in [0, 0.1) is 23.7 Å². The molecule has 1 saturated carbocycles. The van der Waals surface area contributed by atoms with Crippen LogP contribution in [0.4, 0.5) is 0 Å². The number of carbonyl (C=O) groups is 1. The van der Waals surface area contributed by atoms with Gasteiger partial charge in [-0.2, -0.15) is 5.26 Å². The van der Waals surface area contributed by atoms with Crippen LogP contribution >= 0.6 is 0 Å². The zero-order valence-electron chi connectivity index (χ0n) is 10.8. The summed E-state index contributed by atoms with van der Waals surface area (Å²) in [5.74, 6) is 0.837. The first-order valence-corrected chi connectivity index (χ1v) is 6.19. The Balaban J connectivity index is 2.36. The van der Waals surface area contributed by atoms with Crippen molar-refractivity contribution in [3.8, 4) is 11.8 Å². The lowest BCUT2D eigenvalue weighted by Crippen LogP contribution is -2.26. The molecular formula is C15H17NO2. The maximum atomic E-state index is 12.0. The number of hydrogen-bond acceptors (Lipinski definition) is 3. The van der Waals surface area contributed by atoms with E-state index in [2.05, 4.69) is 6.07 Å². The minimum absolute atomic E-state index is 0.0774. The van der Waals surface area contributed by atoms with E-state index in [1.165, 1.54) is 0 Å². The number of Topliss-reactive ketones (excluding diaryl/α,β-unsaturated/α-hetero) is 1. The van der Waals surface area contributed by atoms with Crippen molar-refractivity contribution in [2.75, 3.05) is 7.11 Å². The highest BCUT2D eigenvalue weighted by Gasteiger charge is 2.42. The van der Waals surface area contributed by atoms with Crippen molar-refractivity contribution in [1.29, 1.82) is 5.26 Å². The van der Waals surface area contributed by atoms with Crippen LogP contribution in [-0.4, -0.2) is 12.9 Å². The van der Waals surface area contributed by atoms with Gasteiger partial charge in [0.25, 0.3) is 0 Å². The molecule has 1 unspecified atom stereocenters. The number of methoxy groups -OCH3 is 1. The molecule has 0 aliphatic heterocycles. The van der Waals surface area contributed by atoms with Crippen LogP contribution < -0.4 is 4.74 Å². The van der Waals surface area contributed by atoms with Crippen molar-refractivity contribution in [2.45, 2.75) is 32.6 Å². The van der Waals surface area contributed by atoms with Crippen LogP contribution in [0.2, 0.25) is 0 Å². The molecule has 0 bridgehead atoms. The SMILES string of the molecule is COc1ccc(C)cc1CC1(C#N)CCCC1=O. The molecule has 1 aromatic carbocycles. The van der Waals surface area contributed by atoms with Gasteiger partial charge in [-0.15, -0.1) is 0 Å². The van der Waals surface area contributed by atoms with Crippen molar-refractivity contribution < 1.29 is 9.53 Å². The lowest BCUT2D eigenvalue weighted by Gasteiger charge is -2.20. The van der Waals surface area contributed by atoms with Gasteiger partial charge in [0.1, 0.15) is 11.2 Å². The Morgan fingerprint density at radius 1 is 1.50 bits per heavy atom. The molecule has 18 heavy (non-hydrogen) atoms. The minimum atomic E-state index is -0.832. The van der Waals surface area contributed by atoms with E-state index in [-0.39, 0.29) is 5.78 Å². The Morgan fingerprint density at radius 2 is 2.28 bits per heavy atom. The number of carbonyl (C=O) groups excluding carboxylic acids is 1. The van der Waals surface area contributed by atoms with Gasteiger partial charge in [-0.25, -0.2) is 0 Å². The number of ether oxygens (including phenoxy) is 1. The standard InChI is InChI=1S/C15H17NO2/c1-11-5-6-13(18-2)12(8-11)9-15(10-16)7-3-4-14(15)17/h5-6,8H,3-4,7,9H2,1-2H3. The molecule has 0 heterocycles. The van der Waals surface area contributed by atoms with Crippen LogP contribution in [0.25, 0.3) is 0 Å². The van der Waals surface area contributed by atoms with Crippen LogP contribution in [-0.2, 0) is 11.2 Å². The van der Waals surface area contributed by atoms with Gasteiger partial charge in [0, 0.05) is 12.8 Å². The van der Waals surface area contributed by atoms with E-state index < -0.39 is 5.41 Å². The van der Waals surface area contributed by atoms with Crippen molar-refractivity contribution >= 4 is 5.78 Å². The Bertz CT molecular complexity index is 516. The van der Waals surface area contributed by atoms with Gasteiger partial charge in [-0.05, 0) is 31.4 Å². The fourth-order valence-electron chi connectivity index (χ4n) is 2.64. The van der Waals surface area contributed by atoms with Crippen molar-refractivity contribution in [2.24, 2.45) is 5.41 Å². The zero-order valence-corrected chi connectivity index (χ0v) is 10.8. The van der Waals surface area contributed by atoms with E-state index in [1.807, 2.05) is 25.1 Å². The molecular weight excluding hydrogens is 226 g/mol. The van der Waals surface area contributed by atoms with Crippen molar-refractivity contribution in [1.82, 2.24) is 0 Å². The second kappa shape index (κ2) is 4.81. The average molecular weight is 243 g/mol. The molecule has 3 nitrogen and oxygen atoms in total. The van der Waals surface area contributed by atoms with E-state index in [4.69, 9.17) is 4.74 Å². The molecule has 0 spiro atoms. The second-order valence-electron chi connectivity index (χ2n) is 4.96. The molecule has 3 heteroatoms. The van der Waals surface area contributed by atoms with Gasteiger partial charge in [-0.3, -0.25) is 4.79 Å². The molecule has 94 valence electrons. The number of nitrogens with zero attached hydrogens (tertiary/aromatic N) is 1. The van der Waals surface area contributed by atoms with Crippen LogP contribution in [0.5, 0.6) is 5.75 Å². The number of rotatable bonds is 3. The molecule has 0 radical (unpaired) electrons. The number of nitriles is 1. The Labute approximate surface area is 107 Å². The highest BCUT2D eigenvalue weighted by atomic mass is 16.5. The summed E-state index contributed by atoms with van der Waals surface area (Å²) in [5, 5.41) is 9.37. The van der Waals surface area contributed by atoms with Crippen LogP contribution in [0.3, 0.4) is 0 Å². The lowest BCUT2D eigenvalue weighted by molar-refractivity contribution is -0.123. The largest absolute Gasteiger partial charge is 0.496 e. The summed E-state index contributed by atoms with van der Waals surface area (Å²) in [4.78, 5) is 12.0. The lowest BCUT2D eigenvalue weighted by atomic mass is 9.80. The molecule has 1 fully saturated rings. The minimum Gasteiger partial charge on any atom is -0.496 e. The average Bonchev–Trinajstić information content (AvgIpc) is 2.72.